The van der Waals surface area contributed by atoms with Gasteiger partial charge in [-0.2, -0.15) is 0 Å². The Labute approximate surface area is 175 Å². The standard InChI is InChI=1S/C25H36O4/c1-4-20(21-7-11-23(12-8-21)28-17-15-26)19-25(5-2,6-3)22-9-13-24(14-10-22)29-18-16-27/h7-14,20,26-27H,4-6,15-19H2,1-3H3. The number of hydrogen-bond acceptors (Lipinski definition) is 4. The smallest absolute Gasteiger partial charge is 0.119 e. The molecule has 160 valence electrons. The van der Waals surface area contributed by atoms with Crippen molar-refractivity contribution in [3.05, 3.63) is 59.7 Å². The average Bonchev–Trinajstić information content (AvgIpc) is 2.78. The highest BCUT2D eigenvalue weighted by Gasteiger charge is 2.31. The second-order valence-electron chi connectivity index (χ2n) is 7.53. The quantitative estimate of drug-likeness (QED) is 0.493. The summed E-state index contributed by atoms with van der Waals surface area (Å²) >= 11 is 0. The van der Waals surface area contributed by atoms with E-state index < -0.39 is 0 Å². The molecule has 2 rings (SSSR count). The van der Waals surface area contributed by atoms with E-state index in [0.29, 0.717) is 19.1 Å². The van der Waals surface area contributed by atoms with Gasteiger partial charge in [-0.1, -0.05) is 45.0 Å². The Hall–Kier alpha value is -2.04. The fourth-order valence-electron chi connectivity index (χ4n) is 4.10. The lowest BCUT2D eigenvalue weighted by Gasteiger charge is -2.36. The lowest BCUT2D eigenvalue weighted by atomic mass is 9.68. The molecular formula is C25H36O4. The lowest BCUT2D eigenvalue weighted by Crippen LogP contribution is -2.27. The van der Waals surface area contributed by atoms with Gasteiger partial charge < -0.3 is 19.7 Å². The molecule has 0 fully saturated rings. The second-order valence-corrected chi connectivity index (χ2v) is 7.53. The van der Waals surface area contributed by atoms with Gasteiger partial charge in [-0.15, -0.1) is 0 Å². The highest BCUT2D eigenvalue weighted by molar-refractivity contribution is 5.34. The molecule has 0 amide bonds. The maximum Gasteiger partial charge on any atom is 0.119 e. The maximum absolute atomic E-state index is 8.94. The van der Waals surface area contributed by atoms with Crippen LogP contribution in [0.25, 0.3) is 0 Å². The third kappa shape index (κ3) is 6.22. The van der Waals surface area contributed by atoms with Crippen LogP contribution in [0.4, 0.5) is 0 Å². The van der Waals surface area contributed by atoms with E-state index in [4.69, 9.17) is 19.7 Å². The number of aliphatic hydroxyl groups is 2. The molecule has 0 heterocycles. The zero-order valence-electron chi connectivity index (χ0n) is 18.1. The van der Waals surface area contributed by atoms with Crippen molar-refractivity contribution in [1.82, 2.24) is 0 Å². The fraction of sp³-hybridized carbons (Fsp3) is 0.520. The van der Waals surface area contributed by atoms with Gasteiger partial charge >= 0.3 is 0 Å². The zero-order chi connectivity index (χ0) is 21.1. The molecule has 4 nitrogen and oxygen atoms in total. The van der Waals surface area contributed by atoms with Gasteiger partial charge in [0.25, 0.3) is 0 Å². The Kier molecular flexibility index (Phi) is 9.49. The molecule has 0 spiro atoms. The van der Waals surface area contributed by atoms with Crippen LogP contribution in [0.1, 0.15) is 63.5 Å². The molecule has 0 aliphatic heterocycles. The molecule has 2 N–H and O–H groups in total. The van der Waals surface area contributed by atoms with Crippen LogP contribution in [0.15, 0.2) is 48.5 Å². The number of rotatable bonds is 13. The van der Waals surface area contributed by atoms with Crippen LogP contribution in [0, 0.1) is 0 Å². The summed E-state index contributed by atoms with van der Waals surface area (Å²) in [6.07, 6.45) is 4.32. The zero-order valence-corrected chi connectivity index (χ0v) is 18.1. The molecule has 0 saturated carbocycles. The van der Waals surface area contributed by atoms with Crippen LogP contribution >= 0.6 is 0 Å². The van der Waals surface area contributed by atoms with Crippen LogP contribution in [0.3, 0.4) is 0 Å². The third-order valence-corrected chi connectivity index (χ3v) is 6.02. The minimum Gasteiger partial charge on any atom is -0.491 e. The Bertz CT molecular complexity index is 690. The highest BCUT2D eigenvalue weighted by atomic mass is 16.5. The topological polar surface area (TPSA) is 58.9 Å². The largest absolute Gasteiger partial charge is 0.491 e. The molecule has 0 aliphatic carbocycles. The number of hydrogen-bond donors (Lipinski definition) is 2. The minimum absolute atomic E-state index is 0.0254. The van der Waals surface area contributed by atoms with Crippen LogP contribution < -0.4 is 9.47 Å². The summed E-state index contributed by atoms with van der Waals surface area (Å²) in [4.78, 5) is 0. The molecule has 4 heteroatoms. The van der Waals surface area contributed by atoms with Crippen LogP contribution in [0.2, 0.25) is 0 Å². The summed E-state index contributed by atoms with van der Waals surface area (Å²) in [5.41, 5.74) is 2.79. The van der Waals surface area contributed by atoms with E-state index >= 15 is 0 Å². The van der Waals surface area contributed by atoms with E-state index in [2.05, 4.69) is 45.0 Å². The van der Waals surface area contributed by atoms with E-state index in [1.54, 1.807) is 0 Å². The first-order valence-corrected chi connectivity index (χ1v) is 10.8. The fourth-order valence-corrected chi connectivity index (χ4v) is 4.10. The highest BCUT2D eigenvalue weighted by Crippen LogP contribution is 2.42. The van der Waals surface area contributed by atoms with Crippen LogP contribution in [-0.2, 0) is 5.41 Å². The molecular weight excluding hydrogens is 364 g/mol. The van der Waals surface area contributed by atoms with Gasteiger partial charge in [-0.05, 0) is 72.4 Å². The van der Waals surface area contributed by atoms with Gasteiger partial charge in [0.1, 0.15) is 24.7 Å². The van der Waals surface area contributed by atoms with Gasteiger partial charge in [0.15, 0.2) is 0 Å². The molecule has 2 aromatic rings. The first-order chi connectivity index (χ1) is 14.1. The van der Waals surface area contributed by atoms with Crippen LogP contribution in [0.5, 0.6) is 11.5 Å². The summed E-state index contributed by atoms with van der Waals surface area (Å²) in [7, 11) is 0. The molecule has 1 unspecified atom stereocenters. The molecule has 1 atom stereocenters. The SMILES string of the molecule is CCC(CC(CC)(CC)c1ccc(OCCO)cc1)c1ccc(OCCO)cc1. The Morgan fingerprint density at radius 3 is 1.66 bits per heavy atom. The van der Waals surface area contributed by atoms with Gasteiger partial charge in [0.05, 0.1) is 13.2 Å². The third-order valence-electron chi connectivity index (χ3n) is 6.02. The van der Waals surface area contributed by atoms with E-state index in [1.807, 2.05) is 24.3 Å². The van der Waals surface area contributed by atoms with Crippen molar-refractivity contribution < 1.29 is 19.7 Å². The Morgan fingerprint density at radius 2 is 1.24 bits per heavy atom. The molecule has 2 aromatic carbocycles. The van der Waals surface area contributed by atoms with E-state index in [0.717, 1.165) is 37.2 Å². The number of benzene rings is 2. The van der Waals surface area contributed by atoms with Gasteiger partial charge in [0.2, 0.25) is 0 Å². The number of aliphatic hydroxyl groups excluding tert-OH is 2. The first kappa shape index (κ1) is 23.2. The summed E-state index contributed by atoms with van der Waals surface area (Å²) in [6, 6.07) is 16.7. The van der Waals surface area contributed by atoms with E-state index in [9.17, 15) is 0 Å². The summed E-state index contributed by atoms with van der Waals surface area (Å²) in [5, 5.41) is 17.9. The molecule has 0 aromatic heterocycles. The summed E-state index contributed by atoms with van der Waals surface area (Å²) in [6.45, 7) is 7.50. The van der Waals surface area contributed by atoms with Gasteiger partial charge in [-0.25, -0.2) is 0 Å². The van der Waals surface area contributed by atoms with Gasteiger partial charge in [0, 0.05) is 0 Å². The monoisotopic (exact) mass is 400 g/mol. The Balaban J connectivity index is 2.19. The normalized spacial score (nSPS) is 12.6. The second kappa shape index (κ2) is 11.8. The maximum atomic E-state index is 8.94. The van der Waals surface area contributed by atoms with Crippen molar-refractivity contribution in [2.45, 2.75) is 57.8 Å². The minimum atomic E-state index is 0.0254. The number of ether oxygens (including phenoxy) is 2. The molecule has 0 radical (unpaired) electrons. The van der Waals surface area contributed by atoms with Gasteiger partial charge in [-0.3, -0.25) is 0 Å². The summed E-state index contributed by atoms with van der Waals surface area (Å²) < 4.78 is 11.0. The Morgan fingerprint density at radius 1 is 0.759 bits per heavy atom. The molecule has 0 aliphatic rings. The van der Waals surface area contributed by atoms with E-state index in [-0.39, 0.29) is 18.6 Å². The van der Waals surface area contributed by atoms with E-state index in [1.165, 1.54) is 11.1 Å². The van der Waals surface area contributed by atoms with Crippen LogP contribution in [-0.4, -0.2) is 36.6 Å². The molecule has 0 saturated heterocycles. The summed E-state index contributed by atoms with van der Waals surface area (Å²) in [5.74, 6) is 2.06. The molecule has 0 bridgehead atoms. The van der Waals surface area contributed by atoms with Crippen molar-refractivity contribution in [1.29, 1.82) is 0 Å². The lowest BCUT2D eigenvalue weighted by molar-refractivity contribution is 0.201. The van der Waals surface area contributed by atoms with Crippen molar-refractivity contribution in [3.8, 4) is 11.5 Å². The molecule has 29 heavy (non-hydrogen) atoms. The predicted molar refractivity (Wildman–Crippen MR) is 118 cm³/mol. The van der Waals surface area contributed by atoms with Crippen molar-refractivity contribution >= 4 is 0 Å². The van der Waals surface area contributed by atoms with Crippen molar-refractivity contribution in [2.24, 2.45) is 0 Å². The van der Waals surface area contributed by atoms with Crippen molar-refractivity contribution in [3.63, 3.8) is 0 Å². The predicted octanol–water partition coefficient (Wildman–Crippen LogP) is 5.07. The average molecular weight is 401 g/mol. The first-order valence-electron chi connectivity index (χ1n) is 10.8. The van der Waals surface area contributed by atoms with Crippen molar-refractivity contribution in [2.75, 3.05) is 26.4 Å².